The summed E-state index contributed by atoms with van der Waals surface area (Å²) >= 11 is 0. The predicted molar refractivity (Wildman–Crippen MR) is 79.0 cm³/mol. The van der Waals surface area contributed by atoms with Gasteiger partial charge in [0, 0.05) is 17.8 Å². The van der Waals surface area contributed by atoms with Crippen LogP contribution in [0.1, 0.15) is 17.5 Å². The van der Waals surface area contributed by atoms with Gasteiger partial charge in [-0.25, -0.2) is 0 Å². The zero-order valence-electron chi connectivity index (χ0n) is 11.0. The maximum atomic E-state index is 11.8. The Morgan fingerprint density at radius 2 is 1.85 bits per heavy atom. The lowest BCUT2D eigenvalue weighted by atomic mass is 10.1. The number of amides is 1. The molecule has 2 aromatic carbocycles. The van der Waals surface area contributed by atoms with Gasteiger partial charge in [-0.1, -0.05) is 18.2 Å². The molecule has 4 heteroatoms. The fourth-order valence-corrected chi connectivity index (χ4v) is 1.86. The van der Waals surface area contributed by atoms with Gasteiger partial charge in [0.05, 0.1) is 11.6 Å². The van der Waals surface area contributed by atoms with Crippen LogP contribution in [0.15, 0.2) is 48.5 Å². The summed E-state index contributed by atoms with van der Waals surface area (Å²) in [5.74, 6) is -0.0713. The summed E-state index contributed by atoms with van der Waals surface area (Å²) < 4.78 is 0. The first-order valence-corrected chi connectivity index (χ1v) is 6.32. The van der Waals surface area contributed by atoms with Crippen molar-refractivity contribution in [1.82, 2.24) is 0 Å². The molecule has 100 valence electrons. The van der Waals surface area contributed by atoms with Crippen LogP contribution in [0.4, 0.5) is 11.4 Å². The van der Waals surface area contributed by atoms with E-state index in [1.54, 1.807) is 24.3 Å². The number of para-hydroxylation sites is 1. The number of nitrogens with zero attached hydrogens (tertiary/aromatic N) is 1. The third-order valence-electron chi connectivity index (χ3n) is 2.97. The molecule has 0 bridgehead atoms. The fourth-order valence-electron chi connectivity index (χ4n) is 1.86. The average Bonchev–Trinajstić information content (AvgIpc) is 2.47. The molecule has 0 saturated heterocycles. The monoisotopic (exact) mass is 265 g/mol. The molecule has 0 atom stereocenters. The van der Waals surface area contributed by atoms with Crippen LogP contribution in [-0.2, 0) is 11.2 Å². The molecule has 2 rings (SSSR count). The third kappa shape index (κ3) is 3.59. The highest BCUT2D eigenvalue weighted by Crippen LogP contribution is 2.14. The number of hydrogen-bond acceptors (Lipinski definition) is 3. The van der Waals surface area contributed by atoms with E-state index in [0.29, 0.717) is 29.8 Å². The van der Waals surface area contributed by atoms with Crippen LogP contribution in [0.5, 0.6) is 0 Å². The number of hydrogen-bond donors (Lipinski definition) is 2. The Labute approximate surface area is 117 Å². The Balaban J connectivity index is 1.89. The van der Waals surface area contributed by atoms with Gasteiger partial charge in [-0.2, -0.15) is 5.26 Å². The topological polar surface area (TPSA) is 78.9 Å². The summed E-state index contributed by atoms with van der Waals surface area (Å²) in [7, 11) is 0. The minimum atomic E-state index is -0.0713. The van der Waals surface area contributed by atoms with E-state index >= 15 is 0 Å². The second-order valence-electron chi connectivity index (χ2n) is 4.44. The molecule has 4 nitrogen and oxygen atoms in total. The predicted octanol–water partition coefficient (Wildman–Crippen LogP) is 2.71. The number of nitrogen functional groups attached to an aromatic ring is 1. The lowest BCUT2D eigenvalue weighted by Gasteiger charge is -2.07. The SMILES string of the molecule is N#Cc1ccc(NC(=O)CCc2ccccc2N)cc1. The number of anilines is 2. The van der Waals surface area contributed by atoms with Crippen molar-refractivity contribution in [3.05, 3.63) is 59.7 Å². The van der Waals surface area contributed by atoms with Gasteiger partial charge in [-0.15, -0.1) is 0 Å². The van der Waals surface area contributed by atoms with Crippen LogP contribution in [-0.4, -0.2) is 5.91 Å². The molecule has 0 unspecified atom stereocenters. The van der Waals surface area contributed by atoms with E-state index in [4.69, 9.17) is 11.0 Å². The molecule has 0 aliphatic heterocycles. The molecule has 3 N–H and O–H groups in total. The van der Waals surface area contributed by atoms with Gasteiger partial charge in [-0.3, -0.25) is 4.79 Å². The molecule has 2 aromatic rings. The van der Waals surface area contributed by atoms with Gasteiger partial charge in [0.2, 0.25) is 5.91 Å². The Kier molecular flexibility index (Phi) is 4.35. The van der Waals surface area contributed by atoms with Gasteiger partial charge in [0.1, 0.15) is 0 Å². The highest BCUT2D eigenvalue weighted by molar-refractivity contribution is 5.90. The first-order valence-electron chi connectivity index (χ1n) is 6.32. The Morgan fingerprint density at radius 1 is 1.15 bits per heavy atom. The lowest BCUT2D eigenvalue weighted by molar-refractivity contribution is -0.116. The van der Waals surface area contributed by atoms with Crippen molar-refractivity contribution in [2.75, 3.05) is 11.1 Å². The van der Waals surface area contributed by atoms with Crippen molar-refractivity contribution in [3.8, 4) is 6.07 Å². The van der Waals surface area contributed by atoms with Crippen molar-refractivity contribution in [2.24, 2.45) is 0 Å². The van der Waals surface area contributed by atoms with E-state index in [-0.39, 0.29) is 5.91 Å². The Morgan fingerprint density at radius 3 is 2.50 bits per heavy atom. The van der Waals surface area contributed by atoms with E-state index < -0.39 is 0 Å². The van der Waals surface area contributed by atoms with E-state index in [0.717, 1.165) is 5.56 Å². The van der Waals surface area contributed by atoms with Crippen molar-refractivity contribution >= 4 is 17.3 Å². The molecular weight excluding hydrogens is 250 g/mol. The summed E-state index contributed by atoms with van der Waals surface area (Å²) in [6.45, 7) is 0. The van der Waals surface area contributed by atoms with E-state index in [9.17, 15) is 4.79 Å². The molecular formula is C16H15N3O. The molecule has 20 heavy (non-hydrogen) atoms. The van der Waals surface area contributed by atoms with Crippen LogP contribution in [0.2, 0.25) is 0 Å². The zero-order chi connectivity index (χ0) is 14.4. The fraction of sp³-hybridized carbons (Fsp3) is 0.125. The molecule has 0 radical (unpaired) electrons. The van der Waals surface area contributed by atoms with Crippen LogP contribution >= 0.6 is 0 Å². The standard InChI is InChI=1S/C16H15N3O/c17-11-12-5-8-14(9-6-12)19-16(20)10-7-13-3-1-2-4-15(13)18/h1-6,8-9H,7,10,18H2,(H,19,20). The molecule has 0 spiro atoms. The quantitative estimate of drug-likeness (QED) is 0.834. The number of rotatable bonds is 4. The van der Waals surface area contributed by atoms with Crippen LogP contribution in [0.25, 0.3) is 0 Å². The third-order valence-corrected chi connectivity index (χ3v) is 2.97. The second-order valence-corrected chi connectivity index (χ2v) is 4.44. The molecule has 0 aliphatic carbocycles. The van der Waals surface area contributed by atoms with Crippen molar-refractivity contribution in [2.45, 2.75) is 12.8 Å². The zero-order valence-corrected chi connectivity index (χ0v) is 11.0. The minimum Gasteiger partial charge on any atom is -0.399 e. The maximum absolute atomic E-state index is 11.8. The van der Waals surface area contributed by atoms with Gasteiger partial charge >= 0.3 is 0 Å². The van der Waals surface area contributed by atoms with E-state index in [2.05, 4.69) is 5.32 Å². The lowest BCUT2D eigenvalue weighted by Crippen LogP contribution is -2.12. The van der Waals surface area contributed by atoms with E-state index in [1.807, 2.05) is 30.3 Å². The summed E-state index contributed by atoms with van der Waals surface area (Å²) in [5.41, 5.74) is 8.77. The summed E-state index contributed by atoms with van der Waals surface area (Å²) in [6, 6.07) is 16.3. The van der Waals surface area contributed by atoms with Gasteiger partial charge < -0.3 is 11.1 Å². The van der Waals surface area contributed by atoms with Crippen LogP contribution in [0.3, 0.4) is 0 Å². The highest BCUT2D eigenvalue weighted by Gasteiger charge is 2.05. The van der Waals surface area contributed by atoms with Crippen molar-refractivity contribution < 1.29 is 4.79 Å². The number of nitrogens with one attached hydrogen (secondary N) is 1. The number of nitriles is 1. The second kappa shape index (κ2) is 6.39. The molecule has 0 saturated carbocycles. The van der Waals surface area contributed by atoms with Crippen molar-refractivity contribution in [3.63, 3.8) is 0 Å². The first kappa shape index (κ1) is 13.6. The number of carbonyl (C=O) groups excluding carboxylic acids is 1. The smallest absolute Gasteiger partial charge is 0.224 e. The normalized spacial score (nSPS) is 9.75. The summed E-state index contributed by atoms with van der Waals surface area (Å²) in [6.07, 6.45) is 0.975. The first-order chi connectivity index (χ1) is 9.69. The minimum absolute atomic E-state index is 0.0713. The Bertz CT molecular complexity index is 642. The van der Waals surface area contributed by atoms with Crippen LogP contribution in [0, 0.1) is 11.3 Å². The molecule has 0 aliphatic rings. The van der Waals surface area contributed by atoms with Crippen LogP contribution < -0.4 is 11.1 Å². The van der Waals surface area contributed by atoms with Crippen molar-refractivity contribution in [1.29, 1.82) is 5.26 Å². The molecule has 1 amide bonds. The Hall–Kier alpha value is -2.80. The van der Waals surface area contributed by atoms with Gasteiger partial charge in [-0.05, 0) is 42.3 Å². The number of benzene rings is 2. The summed E-state index contributed by atoms with van der Waals surface area (Å²) in [4.78, 5) is 11.8. The van der Waals surface area contributed by atoms with E-state index in [1.165, 1.54) is 0 Å². The molecule has 0 heterocycles. The summed E-state index contributed by atoms with van der Waals surface area (Å²) in [5, 5.41) is 11.5. The highest BCUT2D eigenvalue weighted by atomic mass is 16.1. The van der Waals surface area contributed by atoms with Gasteiger partial charge in [0.15, 0.2) is 0 Å². The number of nitrogens with two attached hydrogens (primary N) is 1. The number of aryl methyl sites for hydroxylation is 1. The average molecular weight is 265 g/mol. The maximum Gasteiger partial charge on any atom is 0.224 e. The molecule has 0 aromatic heterocycles. The molecule has 0 fully saturated rings. The number of carbonyl (C=O) groups is 1. The van der Waals surface area contributed by atoms with Gasteiger partial charge in [0.25, 0.3) is 0 Å². The largest absolute Gasteiger partial charge is 0.399 e.